The van der Waals surface area contributed by atoms with E-state index in [0.29, 0.717) is 22.5 Å². The number of aryl methyl sites for hydroxylation is 1. The van der Waals surface area contributed by atoms with E-state index in [9.17, 15) is 4.79 Å². The summed E-state index contributed by atoms with van der Waals surface area (Å²) < 4.78 is 7.45. The molecule has 0 saturated carbocycles. The van der Waals surface area contributed by atoms with Crippen LogP contribution in [0.1, 0.15) is 16.9 Å². The zero-order chi connectivity index (χ0) is 21.8. The Morgan fingerprint density at radius 1 is 1.13 bits per heavy atom. The molecule has 0 aliphatic carbocycles. The Morgan fingerprint density at radius 3 is 2.74 bits per heavy atom. The van der Waals surface area contributed by atoms with Gasteiger partial charge in [-0.15, -0.1) is 10.2 Å². The lowest BCUT2D eigenvalue weighted by Gasteiger charge is -2.11. The molecule has 0 bridgehead atoms. The van der Waals surface area contributed by atoms with Crippen LogP contribution in [0.3, 0.4) is 0 Å². The first-order valence-corrected chi connectivity index (χ1v) is 11.1. The average molecular weight is 453 g/mol. The van der Waals surface area contributed by atoms with Gasteiger partial charge in [0.25, 0.3) is 0 Å². The van der Waals surface area contributed by atoms with E-state index in [2.05, 4.69) is 15.5 Å². The number of thioether (sulfide) groups is 1. The quantitative estimate of drug-likeness (QED) is 0.370. The molecule has 0 spiro atoms. The number of anilines is 1. The van der Waals surface area contributed by atoms with Crippen molar-refractivity contribution in [1.29, 1.82) is 0 Å². The largest absolute Gasteiger partial charge is 0.467 e. The molecule has 0 saturated heterocycles. The van der Waals surface area contributed by atoms with Crippen molar-refractivity contribution < 1.29 is 9.21 Å². The molecule has 6 nitrogen and oxygen atoms in total. The molecule has 2 heterocycles. The number of furan rings is 1. The van der Waals surface area contributed by atoms with Crippen molar-refractivity contribution in [2.45, 2.75) is 25.5 Å². The minimum absolute atomic E-state index is 0.101. The lowest BCUT2D eigenvalue weighted by Crippen LogP contribution is -2.15. The summed E-state index contributed by atoms with van der Waals surface area (Å²) in [5, 5.41) is 12.9. The number of rotatable bonds is 7. The minimum atomic E-state index is -0.101. The summed E-state index contributed by atoms with van der Waals surface area (Å²) in [6.45, 7) is 4.46. The van der Waals surface area contributed by atoms with Crippen LogP contribution in [0, 0.1) is 13.8 Å². The number of carbonyl (C=O) groups is 1. The molecule has 1 amide bonds. The summed E-state index contributed by atoms with van der Waals surface area (Å²) in [6, 6.07) is 17.0. The molecule has 2 aromatic carbocycles. The normalized spacial score (nSPS) is 10.9. The van der Waals surface area contributed by atoms with Crippen LogP contribution in [0.4, 0.5) is 5.69 Å². The Bertz CT molecular complexity index is 1200. The van der Waals surface area contributed by atoms with E-state index in [4.69, 9.17) is 16.0 Å². The highest BCUT2D eigenvalue weighted by Crippen LogP contribution is 2.27. The van der Waals surface area contributed by atoms with Gasteiger partial charge in [-0.25, -0.2) is 0 Å². The number of nitrogens with one attached hydrogen (secondary N) is 1. The Balaban J connectivity index is 1.55. The Hall–Kier alpha value is -3.03. The number of hydrogen-bond donors (Lipinski definition) is 1. The highest BCUT2D eigenvalue weighted by Gasteiger charge is 2.17. The number of benzene rings is 2. The molecule has 4 aromatic rings. The van der Waals surface area contributed by atoms with Crippen molar-refractivity contribution in [3.63, 3.8) is 0 Å². The van der Waals surface area contributed by atoms with Crippen LogP contribution in [0.2, 0.25) is 5.02 Å². The third-order valence-electron chi connectivity index (χ3n) is 4.90. The van der Waals surface area contributed by atoms with Crippen LogP contribution in [-0.2, 0) is 11.3 Å². The molecule has 0 unspecified atom stereocenters. The fourth-order valence-corrected chi connectivity index (χ4v) is 4.07. The summed E-state index contributed by atoms with van der Waals surface area (Å²) >= 11 is 7.49. The third kappa shape index (κ3) is 5.00. The standard InChI is InChI=1S/C23H21ClN4O2S/c1-15-6-3-10-20(16(15)2)25-21(29)14-31-23-27-26-22(17-7-4-8-18(24)12-17)28(23)13-19-9-5-11-30-19/h3-12H,13-14H2,1-2H3,(H,25,29). The molecular weight excluding hydrogens is 432 g/mol. The van der Waals surface area contributed by atoms with Gasteiger partial charge in [-0.05, 0) is 55.3 Å². The smallest absolute Gasteiger partial charge is 0.234 e. The molecule has 0 aliphatic heterocycles. The monoisotopic (exact) mass is 452 g/mol. The van der Waals surface area contributed by atoms with Gasteiger partial charge in [-0.2, -0.15) is 0 Å². The highest BCUT2D eigenvalue weighted by molar-refractivity contribution is 7.99. The van der Waals surface area contributed by atoms with Crippen LogP contribution in [0.25, 0.3) is 11.4 Å². The summed E-state index contributed by atoms with van der Waals surface area (Å²) in [6.07, 6.45) is 1.63. The Morgan fingerprint density at radius 2 is 1.97 bits per heavy atom. The molecule has 31 heavy (non-hydrogen) atoms. The molecule has 0 aliphatic rings. The lowest BCUT2D eigenvalue weighted by molar-refractivity contribution is -0.113. The van der Waals surface area contributed by atoms with Gasteiger partial charge in [0.1, 0.15) is 5.76 Å². The molecule has 2 aromatic heterocycles. The van der Waals surface area contributed by atoms with E-state index >= 15 is 0 Å². The second-order valence-corrected chi connectivity index (χ2v) is 8.45. The number of aromatic nitrogens is 3. The summed E-state index contributed by atoms with van der Waals surface area (Å²) in [4.78, 5) is 12.6. The van der Waals surface area contributed by atoms with Crippen molar-refractivity contribution in [2.75, 3.05) is 11.1 Å². The Kier molecular flexibility index (Phi) is 6.44. The van der Waals surface area contributed by atoms with Crippen LogP contribution < -0.4 is 5.32 Å². The van der Waals surface area contributed by atoms with Gasteiger partial charge in [0.05, 0.1) is 18.6 Å². The predicted octanol–water partition coefficient (Wildman–Crippen LogP) is 5.59. The van der Waals surface area contributed by atoms with E-state index in [0.717, 1.165) is 28.1 Å². The number of amides is 1. The van der Waals surface area contributed by atoms with E-state index < -0.39 is 0 Å². The van der Waals surface area contributed by atoms with Crippen molar-refractivity contribution in [2.24, 2.45) is 0 Å². The van der Waals surface area contributed by atoms with Crippen LogP contribution in [-0.4, -0.2) is 26.4 Å². The van der Waals surface area contributed by atoms with E-state index in [1.165, 1.54) is 11.8 Å². The predicted molar refractivity (Wildman–Crippen MR) is 124 cm³/mol. The van der Waals surface area contributed by atoms with E-state index in [-0.39, 0.29) is 11.7 Å². The first kappa shape index (κ1) is 21.2. The SMILES string of the molecule is Cc1cccc(NC(=O)CSc2nnc(-c3cccc(Cl)c3)n2Cc2ccco2)c1C. The first-order valence-electron chi connectivity index (χ1n) is 9.71. The maximum absolute atomic E-state index is 12.6. The van der Waals surface area contributed by atoms with Crippen molar-refractivity contribution in [1.82, 2.24) is 14.8 Å². The molecule has 0 radical (unpaired) electrons. The Labute approximate surface area is 189 Å². The fraction of sp³-hybridized carbons (Fsp3) is 0.174. The van der Waals surface area contributed by atoms with Gasteiger partial charge in [0.15, 0.2) is 11.0 Å². The summed E-state index contributed by atoms with van der Waals surface area (Å²) in [5.41, 5.74) is 3.86. The summed E-state index contributed by atoms with van der Waals surface area (Å²) in [7, 11) is 0. The number of halogens is 1. The molecule has 1 N–H and O–H groups in total. The van der Waals surface area contributed by atoms with E-state index in [1.54, 1.807) is 6.26 Å². The van der Waals surface area contributed by atoms with Gasteiger partial charge in [0, 0.05) is 16.3 Å². The minimum Gasteiger partial charge on any atom is -0.467 e. The molecule has 8 heteroatoms. The third-order valence-corrected chi connectivity index (χ3v) is 6.11. The van der Waals surface area contributed by atoms with Crippen LogP contribution >= 0.6 is 23.4 Å². The van der Waals surface area contributed by atoms with Gasteiger partial charge in [-0.1, -0.05) is 47.6 Å². The number of carbonyl (C=O) groups excluding carboxylic acids is 1. The molecule has 158 valence electrons. The molecule has 0 fully saturated rings. The number of nitrogens with zero attached hydrogens (tertiary/aromatic N) is 3. The second-order valence-electron chi connectivity index (χ2n) is 7.07. The zero-order valence-electron chi connectivity index (χ0n) is 17.1. The molecule has 0 atom stereocenters. The average Bonchev–Trinajstić information content (AvgIpc) is 3.40. The van der Waals surface area contributed by atoms with Gasteiger partial charge >= 0.3 is 0 Å². The van der Waals surface area contributed by atoms with E-state index in [1.807, 2.05) is 73.0 Å². The lowest BCUT2D eigenvalue weighted by atomic mass is 10.1. The topological polar surface area (TPSA) is 73.0 Å². The second kappa shape index (κ2) is 9.41. The maximum atomic E-state index is 12.6. The molecular formula is C23H21ClN4O2S. The summed E-state index contributed by atoms with van der Waals surface area (Å²) in [5.74, 6) is 1.54. The van der Waals surface area contributed by atoms with Crippen molar-refractivity contribution in [3.05, 3.63) is 82.8 Å². The first-order chi connectivity index (χ1) is 15.0. The van der Waals surface area contributed by atoms with Crippen molar-refractivity contribution >= 4 is 35.0 Å². The van der Waals surface area contributed by atoms with Gasteiger partial charge in [-0.3, -0.25) is 9.36 Å². The van der Waals surface area contributed by atoms with Crippen LogP contribution in [0.15, 0.2) is 70.4 Å². The van der Waals surface area contributed by atoms with Gasteiger partial charge < -0.3 is 9.73 Å². The fourth-order valence-electron chi connectivity index (χ4n) is 3.14. The molecule has 4 rings (SSSR count). The zero-order valence-corrected chi connectivity index (χ0v) is 18.7. The highest BCUT2D eigenvalue weighted by atomic mass is 35.5. The van der Waals surface area contributed by atoms with Gasteiger partial charge in [0.2, 0.25) is 5.91 Å². The van der Waals surface area contributed by atoms with Crippen LogP contribution in [0.5, 0.6) is 0 Å². The number of hydrogen-bond acceptors (Lipinski definition) is 5. The van der Waals surface area contributed by atoms with Crippen molar-refractivity contribution in [3.8, 4) is 11.4 Å². The maximum Gasteiger partial charge on any atom is 0.234 e.